The zero-order chi connectivity index (χ0) is 20.9. The molecule has 29 heavy (non-hydrogen) atoms. The predicted molar refractivity (Wildman–Crippen MR) is 111 cm³/mol. The Bertz CT molecular complexity index is 938. The Kier molecular flexibility index (Phi) is 6.89. The summed E-state index contributed by atoms with van der Waals surface area (Å²) in [5.41, 5.74) is 1.54. The van der Waals surface area contributed by atoms with Gasteiger partial charge in [0, 0.05) is 18.8 Å². The van der Waals surface area contributed by atoms with Crippen LogP contribution in [0, 0.1) is 0 Å². The number of rotatable bonds is 7. The van der Waals surface area contributed by atoms with Crippen molar-refractivity contribution in [2.24, 2.45) is 0 Å². The molecular formula is C21H26N2O5S. The molecule has 0 unspecified atom stereocenters. The number of nitrogens with zero attached hydrogens (tertiary/aromatic N) is 1. The topological polar surface area (TPSA) is 84.9 Å². The van der Waals surface area contributed by atoms with E-state index < -0.39 is 16.1 Å². The summed E-state index contributed by atoms with van der Waals surface area (Å²) >= 11 is 0. The zero-order valence-corrected chi connectivity index (χ0v) is 17.4. The first kappa shape index (κ1) is 21.3. The molecule has 0 aromatic heterocycles. The minimum Gasteiger partial charge on any atom is -0.481 e. The average Bonchev–Trinajstić information content (AvgIpc) is 2.75. The van der Waals surface area contributed by atoms with Crippen molar-refractivity contribution < 1.29 is 22.7 Å². The van der Waals surface area contributed by atoms with Crippen molar-refractivity contribution in [1.82, 2.24) is 4.31 Å². The first-order chi connectivity index (χ1) is 13.9. The van der Waals surface area contributed by atoms with Gasteiger partial charge in [0.15, 0.2) is 6.10 Å². The van der Waals surface area contributed by atoms with Crippen molar-refractivity contribution in [1.29, 1.82) is 0 Å². The number of ether oxygens (including phenoxy) is 2. The lowest BCUT2D eigenvalue weighted by Gasteiger charge is -2.26. The van der Waals surface area contributed by atoms with Crippen molar-refractivity contribution in [2.75, 3.05) is 31.6 Å². The largest absolute Gasteiger partial charge is 0.481 e. The number of para-hydroxylation sites is 1. The predicted octanol–water partition coefficient (Wildman–Crippen LogP) is 2.68. The van der Waals surface area contributed by atoms with Crippen LogP contribution in [0.3, 0.4) is 0 Å². The van der Waals surface area contributed by atoms with Crippen molar-refractivity contribution in [3.63, 3.8) is 0 Å². The van der Waals surface area contributed by atoms with Crippen LogP contribution < -0.4 is 10.1 Å². The monoisotopic (exact) mass is 418 g/mol. The maximum atomic E-state index is 12.7. The van der Waals surface area contributed by atoms with E-state index in [9.17, 15) is 13.2 Å². The summed E-state index contributed by atoms with van der Waals surface area (Å²) in [6, 6.07) is 13.8. The molecule has 3 rings (SSSR count). The number of nitrogens with one attached hydrogen (secondary N) is 1. The molecule has 0 bridgehead atoms. The normalized spacial score (nSPS) is 16.2. The van der Waals surface area contributed by atoms with Crippen LogP contribution in [0.25, 0.3) is 0 Å². The van der Waals surface area contributed by atoms with Crippen molar-refractivity contribution >= 4 is 21.6 Å². The highest BCUT2D eigenvalue weighted by Crippen LogP contribution is 2.22. The quantitative estimate of drug-likeness (QED) is 0.747. The molecule has 1 saturated heterocycles. The smallest absolute Gasteiger partial charge is 0.265 e. The minimum atomic E-state index is -3.56. The number of aryl methyl sites for hydroxylation is 1. The van der Waals surface area contributed by atoms with Gasteiger partial charge in [0.2, 0.25) is 10.0 Å². The van der Waals surface area contributed by atoms with E-state index in [-0.39, 0.29) is 10.8 Å². The van der Waals surface area contributed by atoms with E-state index in [2.05, 4.69) is 5.32 Å². The first-order valence-electron chi connectivity index (χ1n) is 9.65. The molecule has 1 aliphatic rings. The summed E-state index contributed by atoms with van der Waals surface area (Å²) in [5.74, 6) is 0.379. The van der Waals surface area contributed by atoms with Crippen LogP contribution in [0.1, 0.15) is 19.4 Å². The molecule has 1 amide bonds. The summed E-state index contributed by atoms with van der Waals surface area (Å²) < 4.78 is 37.7. The van der Waals surface area contributed by atoms with Crippen molar-refractivity contribution in [3.05, 3.63) is 54.1 Å². The molecular weight excluding hydrogens is 392 g/mol. The number of hydrogen-bond acceptors (Lipinski definition) is 5. The van der Waals surface area contributed by atoms with Gasteiger partial charge < -0.3 is 14.8 Å². The molecule has 0 radical (unpaired) electrons. The van der Waals surface area contributed by atoms with Crippen LogP contribution in [-0.4, -0.2) is 51.0 Å². The highest BCUT2D eigenvalue weighted by atomic mass is 32.2. The Morgan fingerprint density at radius 2 is 1.79 bits per heavy atom. The molecule has 156 valence electrons. The molecule has 2 aromatic rings. The third-order valence-electron chi connectivity index (χ3n) is 4.76. The molecule has 1 heterocycles. The molecule has 0 aliphatic carbocycles. The van der Waals surface area contributed by atoms with Crippen LogP contribution in [0.5, 0.6) is 5.75 Å². The van der Waals surface area contributed by atoms with E-state index in [1.54, 1.807) is 19.1 Å². The molecule has 0 spiro atoms. The van der Waals surface area contributed by atoms with Crippen molar-refractivity contribution in [2.45, 2.75) is 31.3 Å². The average molecular weight is 419 g/mol. The molecule has 1 N–H and O–H groups in total. The van der Waals surface area contributed by atoms with Crippen LogP contribution in [0.2, 0.25) is 0 Å². The van der Waals surface area contributed by atoms with Crippen molar-refractivity contribution in [3.8, 4) is 5.75 Å². The summed E-state index contributed by atoms with van der Waals surface area (Å²) in [6.45, 7) is 5.18. The summed E-state index contributed by atoms with van der Waals surface area (Å²) in [4.78, 5) is 12.7. The number of carbonyl (C=O) groups is 1. The number of benzene rings is 2. The van der Waals surface area contributed by atoms with Crippen LogP contribution in [0.4, 0.5) is 5.69 Å². The van der Waals surface area contributed by atoms with Gasteiger partial charge in [-0.25, -0.2) is 8.42 Å². The Morgan fingerprint density at radius 3 is 2.45 bits per heavy atom. The lowest BCUT2D eigenvalue weighted by molar-refractivity contribution is -0.122. The fourth-order valence-electron chi connectivity index (χ4n) is 3.05. The maximum Gasteiger partial charge on any atom is 0.265 e. The van der Waals surface area contributed by atoms with Gasteiger partial charge in [-0.15, -0.1) is 0 Å². The Labute approximate surface area is 171 Å². The van der Waals surface area contributed by atoms with Gasteiger partial charge in [-0.2, -0.15) is 4.31 Å². The standard InChI is InChI=1S/C21H26N2O5S/c1-3-17-6-4-5-7-20(17)28-16(2)21(24)22-18-8-10-19(11-9-18)29(25,26)23-12-14-27-15-13-23/h4-11,16H,3,12-15H2,1-2H3,(H,22,24)/t16-/m0/s1. The van der Waals surface area contributed by atoms with Gasteiger partial charge in [-0.3, -0.25) is 4.79 Å². The van der Waals surface area contributed by atoms with Gasteiger partial charge in [-0.05, 0) is 49.2 Å². The molecule has 1 fully saturated rings. The summed E-state index contributed by atoms with van der Waals surface area (Å²) in [7, 11) is -3.56. The number of anilines is 1. The number of amides is 1. The number of carbonyl (C=O) groups excluding carboxylic acids is 1. The highest BCUT2D eigenvalue weighted by molar-refractivity contribution is 7.89. The molecule has 8 heteroatoms. The zero-order valence-electron chi connectivity index (χ0n) is 16.6. The number of hydrogen-bond donors (Lipinski definition) is 1. The van der Waals surface area contributed by atoms with Gasteiger partial charge in [0.05, 0.1) is 18.1 Å². The SMILES string of the molecule is CCc1ccccc1O[C@@H](C)C(=O)Nc1ccc(S(=O)(=O)N2CCOCC2)cc1. The van der Waals surface area contributed by atoms with Gasteiger partial charge in [0.25, 0.3) is 5.91 Å². The van der Waals surface area contributed by atoms with Gasteiger partial charge in [-0.1, -0.05) is 25.1 Å². The lowest BCUT2D eigenvalue weighted by atomic mass is 10.1. The minimum absolute atomic E-state index is 0.193. The fraction of sp³-hybridized carbons (Fsp3) is 0.381. The number of morpholine rings is 1. The molecule has 0 saturated carbocycles. The van der Waals surface area contributed by atoms with E-state index in [0.29, 0.717) is 37.7 Å². The van der Waals surface area contributed by atoms with Gasteiger partial charge in [0.1, 0.15) is 5.75 Å². The second-order valence-corrected chi connectivity index (χ2v) is 8.69. The number of sulfonamides is 1. The molecule has 1 atom stereocenters. The second kappa shape index (κ2) is 9.39. The molecule has 2 aromatic carbocycles. The van der Waals surface area contributed by atoms with Crippen LogP contribution in [-0.2, 0) is 26.0 Å². The molecule has 7 nitrogen and oxygen atoms in total. The maximum absolute atomic E-state index is 12.7. The van der Waals surface area contributed by atoms with E-state index >= 15 is 0 Å². The summed E-state index contributed by atoms with van der Waals surface area (Å²) in [5, 5.41) is 2.77. The fourth-order valence-corrected chi connectivity index (χ4v) is 4.45. The third kappa shape index (κ3) is 5.14. The summed E-state index contributed by atoms with van der Waals surface area (Å²) in [6.07, 6.45) is 0.114. The van der Waals surface area contributed by atoms with E-state index in [1.807, 2.05) is 31.2 Å². The third-order valence-corrected chi connectivity index (χ3v) is 6.67. The van der Waals surface area contributed by atoms with Crippen LogP contribution in [0.15, 0.2) is 53.4 Å². The van der Waals surface area contributed by atoms with E-state index in [1.165, 1.54) is 16.4 Å². The lowest BCUT2D eigenvalue weighted by Crippen LogP contribution is -2.40. The second-order valence-electron chi connectivity index (χ2n) is 6.75. The van der Waals surface area contributed by atoms with E-state index in [4.69, 9.17) is 9.47 Å². The Morgan fingerprint density at radius 1 is 1.14 bits per heavy atom. The Balaban J connectivity index is 1.63. The molecule has 1 aliphatic heterocycles. The first-order valence-corrected chi connectivity index (χ1v) is 11.1. The highest BCUT2D eigenvalue weighted by Gasteiger charge is 2.26. The Hall–Kier alpha value is -2.42. The van der Waals surface area contributed by atoms with Gasteiger partial charge >= 0.3 is 0 Å². The van der Waals surface area contributed by atoms with E-state index in [0.717, 1.165) is 12.0 Å². The van der Waals surface area contributed by atoms with Crippen LogP contribution >= 0.6 is 0 Å².